The lowest BCUT2D eigenvalue weighted by atomic mass is 10.1. The quantitative estimate of drug-likeness (QED) is 0.746. The normalized spacial score (nSPS) is 18.7. The Hall–Kier alpha value is -1.47. The van der Waals surface area contributed by atoms with Crippen molar-refractivity contribution in [2.24, 2.45) is 0 Å². The molecule has 1 aliphatic rings. The lowest BCUT2D eigenvalue weighted by molar-refractivity contribution is -0.137. The molecular weight excluding hydrogens is 272 g/mol. The zero-order valence-corrected chi connectivity index (χ0v) is 12.8. The Kier molecular flexibility index (Phi) is 6.13. The molecule has 0 bridgehead atoms. The van der Waals surface area contributed by atoms with Gasteiger partial charge >= 0.3 is 0 Å². The number of ether oxygens (including phenoxy) is 2. The van der Waals surface area contributed by atoms with Crippen LogP contribution in [-0.2, 0) is 27.4 Å². The van der Waals surface area contributed by atoms with Crippen LogP contribution in [0, 0.1) is 0 Å². The van der Waals surface area contributed by atoms with Crippen molar-refractivity contribution in [1.29, 1.82) is 0 Å². The minimum atomic E-state index is -0.0588. The first-order valence-electron chi connectivity index (χ1n) is 7.50. The summed E-state index contributed by atoms with van der Waals surface area (Å²) < 4.78 is 13.0. The third-order valence-electron chi connectivity index (χ3n) is 3.64. The van der Waals surface area contributed by atoms with Crippen LogP contribution in [0.5, 0.6) is 0 Å². The number of nitrogens with zero attached hydrogens (tertiary/aromatic N) is 4. The van der Waals surface area contributed by atoms with Crippen molar-refractivity contribution in [2.75, 3.05) is 26.9 Å². The topological polar surface area (TPSA) is 69.5 Å². The molecule has 1 fully saturated rings. The highest BCUT2D eigenvalue weighted by Gasteiger charge is 2.16. The second-order valence-corrected chi connectivity index (χ2v) is 5.29. The molecule has 21 heavy (non-hydrogen) atoms. The van der Waals surface area contributed by atoms with E-state index in [4.69, 9.17) is 9.47 Å². The van der Waals surface area contributed by atoms with Crippen molar-refractivity contribution in [3.05, 3.63) is 12.2 Å². The third kappa shape index (κ3) is 4.78. The monoisotopic (exact) mass is 296 g/mol. The van der Waals surface area contributed by atoms with Crippen molar-refractivity contribution < 1.29 is 14.3 Å². The van der Waals surface area contributed by atoms with Crippen molar-refractivity contribution in [3.63, 3.8) is 0 Å². The smallest absolute Gasteiger partial charge is 0.248 e. The maximum Gasteiger partial charge on any atom is 0.248 e. The lowest BCUT2D eigenvalue weighted by Gasteiger charge is -2.23. The Balaban J connectivity index is 1.69. The lowest BCUT2D eigenvalue weighted by Crippen LogP contribution is -2.33. The molecule has 0 N–H and O–H groups in total. The van der Waals surface area contributed by atoms with E-state index in [-0.39, 0.29) is 18.6 Å². The Morgan fingerprint density at radius 2 is 2.43 bits per heavy atom. The van der Waals surface area contributed by atoms with Gasteiger partial charge in [-0.05, 0) is 26.2 Å². The molecule has 0 aliphatic carbocycles. The number of likely N-dealkylation sites (N-methyl/N-ethyl adjacent to an activating group) is 1. The highest BCUT2D eigenvalue weighted by atomic mass is 16.5. The van der Waals surface area contributed by atoms with Gasteiger partial charge in [0.05, 0.1) is 19.3 Å². The van der Waals surface area contributed by atoms with E-state index in [1.54, 1.807) is 18.3 Å². The summed E-state index contributed by atoms with van der Waals surface area (Å²) >= 11 is 0. The number of aryl methyl sites for hydroxylation is 1. The first kappa shape index (κ1) is 15.9. The largest absolute Gasteiger partial charge is 0.376 e. The van der Waals surface area contributed by atoms with Crippen molar-refractivity contribution in [3.8, 4) is 0 Å². The molecule has 0 saturated carbocycles. The molecule has 1 atom stereocenters. The van der Waals surface area contributed by atoms with E-state index in [1.165, 1.54) is 6.42 Å². The fraction of sp³-hybridized carbons (Fsp3) is 0.786. The SMILES string of the molecule is CCn1cnnc1CN(C)C(=O)COCC1CCCCO1. The van der Waals surface area contributed by atoms with Gasteiger partial charge in [-0.25, -0.2) is 0 Å². The van der Waals surface area contributed by atoms with Crippen LogP contribution < -0.4 is 0 Å². The van der Waals surface area contributed by atoms with Crippen LogP contribution in [0.3, 0.4) is 0 Å². The molecule has 1 saturated heterocycles. The van der Waals surface area contributed by atoms with Gasteiger partial charge in [0.1, 0.15) is 12.9 Å². The summed E-state index contributed by atoms with van der Waals surface area (Å²) in [6, 6.07) is 0. The molecule has 7 nitrogen and oxygen atoms in total. The van der Waals surface area contributed by atoms with E-state index in [1.807, 2.05) is 11.5 Å². The van der Waals surface area contributed by atoms with E-state index in [2.05, 4.69) is 10.2 Å². The molecule has 1 amide bonds. The Bertz CT molecular complexity index is 443. The van der Waals surface area contributed by atoms with Gasteiger partial charge < -0.3 is 18.9 Å². The zero-order valence-electron chi connectivity index (χ0n) is 12.8. The summed E-state index contributed by atoms with van der Waals surface area (Å²) in [7, 11) is 1.75. The van der Waals surface area contributed by atoms with Crippen LogP contribution in [0.1, 0.15) is 32.0 Å². The van der Waals surface area contributed by atoms with Gasteiger partial charge in [0.2, 0.25) is 5.91 Å². The van der Waals surface area contributed by atoms with Crippen LogP contribution in [0.4, 0.5) is 0 Å². The number of carbonyl (C=O) groups excluding carboxylic acids is 1. The summed E-state index contributed by atoms with van der Waals surface area (Å²) in [5.41, 5.74) is 0. The molecular formula is C14H24N4O3. The highest BCUT2D eigenvalue weighted by Crippen LogP contribution is 2.12. The summed E-state index contributed by atoms with van der Waals surface area (Å²) in [5.74, 6) is 0.723. The van der Waals surface area contributed by atoms with Crippen LogP contribution in [0.2, 0.25) is 0 Å². The van der Waals surface area contributed by atoms with E-state index in [0.717, 1.165) is 31.8 Å². The number of aromatic nitrogens is 3. The van der Waals surface area contributed by atoms with E-state index in [9.17, 15) is 4.79 Å². The van der Waals surface area contributed by atoms with E-state index < -0.39 is 0 Å². The number of hydrogen-bond donors (Lipinski definition) is 0. The van der Waals surface area contributed by atoms with Gasteiger partial charge in [0, 0.05) is 20.2 Å². The fourth-order valence-electron chi connectivity index (χ4n) is 2.29. The second-order valence-electron chi connectivity index (χ2n) is 5.29. The molecule has 1 aromatic heterocycles. The summed E-state index contributed by atoms with van der Waals surface area (Å²) in [6.07, 6.45) is 5.12. The standard InChI is InChI=1S/C14H24N4O3/c1-3-18-11-15-16-13(18)8-17(2)14(19)10-20-9-12-6-4-5-7-21-12/h11-12H,3-10H2,1-2H3. The van der Waals surface area contributed by atoms with Crippen LogP contribution in [0.15, 0.2) is 6.33 Å². The minimum absolute atomic E-state index is 0.0588. The van der Waals surface area contributed by atoms with Crippen LogP contribution >= 0.6 is 0 Å². The third-order valence-corrected chi connectivity index (χ3v) is 3.64. The molecule has 0 radical (unpaired) electrons. The van der Waals surface area contributed by atoms with Gasteiger partial charge in [0.25, 0.3) is 0 Å². The average Bonchev–Trinajstić information content (AvgIpc) is 2.95. The van der Waals surface area contributed by atoms with Gasteiger partial charge in [0.15, 0.2) is 5.82 Å². The molecule has 2 heterocycles. The van der Waals surface area contributed by atoms with Crippen molar-refractivity contribution in [1.82, 2.24) is 19.7 Å². The Morgan fingerprint density at radius 1 is 1.57 bits per heavy atom. The first-order valence-corrected chi connectivity index (χ1v) is 7.50. The minimum Gasteiger partial charge on any atom is -0.376 e. The van der Waals surface area contributed by atoms with E-state index >= 15 is 0 Å². The molecule has 1 aromatic rings. The maximum absolute atomic E-state index is 12.0. The first-order chi connectivity index (χ1) is 10.2. The number of amides is 1. The number of hydrogen-bond acceptors (Lipinski definition) is 5. The number of rotatable bonds is 7. The molecule has 7 heteroatoms. The second kappa shape index (κ2) is 8.09. The maximum atomic E-state index is 12.0. The highest BCUT2D eigenvalue weighted by molar-refractivity contribution is 5.77. The summed E-state index contributed by atoms with van der Waals surface area (Å²) in [6.45, 7) is 4.62. The predicted molar refractivity (Wildman–Crippen MR) is 76.6 cm³/mol. The molecule has 0 aromatic carbocycles. The molecule has 118 valence electrons. The molecule has 1 unspecified atom stereocenters. The zero-order chi connectivity index (χ0) is 15.1. The van der Waals surface area contributed by atoms with Gasteiger partial charge in [-0.3, -0.25) is 4.79 Å². The van der Waals surface area contributed by atoms with Gasteiger partial charge in [-0.2, -0.15) is 0 Å². The van der Waals surface area contributed by atoms with Crippen LogP contribution in [-0.4, -0.2) is 58.5 Å². The molecule has 0 spiro atoms. The summed E-state index contributed by atoms with van der Waals surface area (Å²) in [4.78, 5) is 13.6. The van der Waals surface area contributed by atoms with Gasteiger partial charge in [-0.15, -0.1) is 10.2 Å². The van der Waals surface area contributed by atoms with Crippen molar-refractivity contribution in [2.45, 2.75) is 45.4 Å². The van der Waals surface area contributed by atoms with Gasteiger partial charge in [-0.1, -0.05) is 0 Å². The average molecular weight is 296 g/mol. The fourth-order valence-corrected chi connectivity index (χ4v) is 2.29. The molecule has 1 aliphatic heterocycles. The molecule has 2 rings (SSSR count). The summed E-state index contributed by atoms with van der Waals surface area (Å²) in [5, 5.41) is 7.88. The Morgan fingerprint density at radius 3 is 3.14 bits per heavy atom. The Labute approximate surface area is 125 Å². The number of carbonyl (C=O) groups is 1. The predicted octanol–water partition coefficient (Wildman–Crippen LogP) is 0.842. The van der Waals surface area contributed by atoms with Crippen LogP contribution in [0.25, 0.3) is 0 Å². The van der Waals surface area contributed by atoms with Crippen molar-refractivity contribution >= 4 is 5.91 Å². The van der Waals surface area contributed by atoms with E-state index in [0.29, 0.717) is 13.2 Å².